The van der Waals surface area contributed by atoms with Gasteiger partial charge in [-0.2, -0.15) is 11.3 Å². The van der Waals surface area contributed by atoms with Crippen LogP contribution in [0.4, 0.5) is 0 Å². The van der Waals surface area contributed by atoms with Crippen molar-refractivity contribution in [2.45, 2.75) is 19.8 Å². The van der Waals surface area contributed by atoms with Crippen LogP contribution in [0, 0.1) is 6.92 Å². The molecule has 0 atom stereocenters. The summed E-state index contributed by atoms with van der Waals surface area (Å²) in [7, 11) is 0. The van der Waals surface area contributed by atoms with Crippen molar-refractivity contribution < 1.29 is 4.79 Å². The number of hydrogen-bond donors (Lipinski definition) is 0. The lowest BCUT2D eigenvalue weighted by Gasteiger charge is -2.04. The molecule has 0 aliphatic heterocycles. The Morgan fingerprint density at radius 2 is 2.12 bits per heavy atom. The number of benzene rings is 1. The number of carbonyl (C=O) groups is 1. The first-order chi connectivity index (χ1) is 8.15. The minimum Gasteiger partial charge on any atom is -0.299 e. The lowest BCUT2D eigenvalue weighted by Crippen LogP contribution is -2.06. The zero-order valence-electron chi connectivity index (χ0n) is 9.57. The molecule has 1 aromatic carbocycles. The Hall–Kier alpha value is -1.12. The fourth-order valence-electron chi connectivity index (χ4n) is 1.69. The Labute approximate surface area is 110 Å². The summed E-state index contributed by atoms with van der Waals surface area (Å²) in [5.41, 5.74) is 3.12. The Bertz CT molecular complexity index is 517. The van der Waals surface area contributed by atoms with Gasteiger partial charge in [-0.1, -0.05) is 23.7 Å². The van der Waals surface area contributed by atoms with Gasteiger partial charge in [-0.25, -0.2) is 0 Å². The summed E-state index contributed by atoms with van der Waals surface area (Å²) >= 11 is 7.72. The zero-order valence-corrected chi connectivity index (χ0v) is 11.1. The largest absolute Gasteiger partial charge is 0.299 e. The molecule has 3 heteroatoms. The van der Waals surface area contributed by atoms with Gasteiger partial charge in [0, 0.05) is 17.9 Å². The van der Waals surface area contributed by atoms with Crippen LogP contribution in [0.25, 0.3) is 0 Å². The van der Waals surface area contributed by atoms with Crippen LogP contribution in [0.1, 0.15) is 16.7 Å². The summed E-state index contributed by atoms with van der Waals surface area (Å²) in [4.78, 5) is 11.9. The van der Waals surface area contributed by atoms with Crippen LogP contribution in [0.5, 0.6) is 0 Å². The van der Waals surface area contributed by atoms with Crippen molar-refractivity contribution in [2.24, 2.45) is 0 Å². The van der Waals surface area contributed by atoms with Crippen molar-refractivity contribution in [1.82, 2.24) is 0 Å². The molecule has 1 aromatic heterocycles. The second-order valence-corrected chi connectivity index (χ2v) is 5.31. The van der Waals surface area contributed by atoms with Gasteiger partial charge in [0.1, 0.15) is 5.78 Å². The van der Waals surface area contributed by atoms with Gasteiger partial charge in [-0.15, -0.1) is 0 Å². The number of ketones is 1. The molecule has 0 saturated heterocycles. The van der Waals surface area contributed by atoms with E-state index in [1.807, 2.05) is 41.9 Å². The molecule has 0 fully saturated rings. The average molecular weight is 265 g/mol. The molecule has 0 aliphatic carbocycles. The van der Waals surface area contributed by atoms with E-state index in [2.05, 4.69) is 0 Å². The predicted molar refractivity (Wildman–Crippen MR) is 72.9 cm³/mol. The smallest absolute Gasteiger partial charge is 0.141 e. The second kappa shape index (κ2) is 5.48. The highest BCUT2D eigenvalue weighted by molar-refractivity contribution is 7.08. The maximum absolute atomic E-state index is 11.9. The van der Waals surface area contributed by atoms with Gasteiger partial charge < -0.3 is 0 Å². The summed E-state index contributed by atoms with van der Waals surface area (Å²) in [6.07, 6.45) is 0.905. The molecule has 2 aromatic rings. The third-order valence-electron chi connectivity index (χ3n) is 2.58. The Kier molecular flexibility index (Phi) is 3.97. The van der Waals surface area contributed by atoms with E-state index < -0.39 is 0 Å². The highest BCUT2D eigenvalue weighted by Crippen LogP contribution is 2.19. The summed E-state index contributed by atoms with van der Waals surface area (Å²) in [6.45, 7) is 1.99. The normalized spacial score (nSPS) is 10.5. The van der Waals surface area contributed by atoms with Gasteiger partial charge in [-0.05, 0) is 46.5 Å². The van der Waals surface area contributed by atoms with E-state index in [1.54, 1.807) is 11.3 Å². The first-order valence-corrected chi connectivity index (χ1v) is 6.75. The monoisotopic (exact) mass is 264 g/mol. The van der Waals surface area contributed by atoms with Gasteiger partial charge in [0.05, 0.1) is 0 Å². The highest BCUT2D eigenvalue weighted by atomic mass is 35.5. The fraction of sp³-hybridized carbons (Fsp3) is 0.214. The molecule has 2 rings (SSSR count). The maximum Gasteiger partial charge on any atom is 0.141 e. The highest BCUT2D eigenvalue weighted by Gasteiger charge is 2.08. The van der Waals surface area contributed by atoms with Crippen LogP contribution in [-0.4, -0.2) is 5.78 Å². The van der Waals surface area contributed by atoms with Gasteiger partial charge in [0.2, 0.25) is 0 Å². The molecule has 17 heavy (non-hydrogen) atoms. The minimum atomic E-state index is 0.203. The zero-order chi connectivity index (χ0) is 12.3. The van der Waals surface area contributed by atoms with Crippen LogP contribution in [0.2, 0.25) is 5.02 Å². The molecule has 1 heterocycles. The number of aryl methyl sites for hydroxylation is 1. The standard InChI is InChI=1S/C14H13ClOS/c1-10-2-3-12(14(15)6-10)8-13(16)7-11-4-5-17-9-11/h2-6,9H,7-8H2,1H3. The summed E-state index contributed by atoms with van der Waals surface area (Å²) in [5.74, 6) is 0.203. The Morgan fingerprint density at radius 1 is 1.29 bits per heavy atom. The van der Waals surface area contributed by atoms with Gasteiger partial charge >= 0.3 is 0 Å². The maximum atomic E-state index is 11.9. The van der Waals surface area contributed by atoms with E-state index in [1.165, 1.54) is 0 Å². The number of rotatable bonds is 4. The first-order valence-electron chi connectivity index (χ1n) is 5.43. The van der Waals surface area contributed by atoms with Crippen LogP contribution in [0.15, 0.2) is 35.0 Å². The van der Waals surface area contributed by atoms with Crippen LogP contribution < -0.4 is 0 Å². The van der Waals surface area contributed by atoms with Gasteiger partial charge in [0.15, 0.2) is 0 Å². The third kappa shape index (κ3) is 3.42. The van der Waals surface area contributed by atoms with Gasteiger partial charge in [-0.3, -0.25) is 4.79 Å². The number of thiophene rings is 1. The van der Waals surface area contributed by atoms with Crippen molar-refractivity contribution in [3.05, 3.63) is 56.7 Å². The SMILES string of the molecule is Cc1ccc(CC(=O)Cc2ccsc2)c(Cl)c1. The number of carbonyl (C=O) groups excluding carboxylic acids is 1. The number of hydrogen-bond acceptors (Lipinski definition) is 2. The third-order valence-corrected chi connectivity index (χ3v) is 3.66. The molecule has 0 amide bonds. The Morgan fingerprint density at radius 3 is 2.76 bits per heavy atom. The van der Waals surface area contributed by atoms with E-state index in [-0.39, 0.29) is 5.78 Å². The lowest BCUT2D eigenvalue weighted by atomic mass is 10.0. The molecule has 0 radical (unpaired) electrons. The molecule has 0 bridgehead atoms. The van der Waals surface area contributed by atoms with Crippen molar-refractivity contribution in [3.8, 4) is 0 Å². The van der Waals surface area contributed by atoms with Crippen LogP contribution >= 0.6 is 22.9 Å². The number of halogens is 1. The molecule has 0 unspecified atom stereocenters. The molecular weight excluding hydrogens is 252 g/mol. The predicted octanol–water partition coefficient (Wildman–Crippen LogP) is 4.06. The van der Waals surface area contributed by atoms with E-state index in [0.717, 1.165) is 16.7 Å². The first kappa shape index (κ1) is 12.3. The van der Waals surface area contributed by atoms with Crippen molar-refractivity contribution in [2.75, 3.05) is 0 Å². The summed E-state index contributed by atoms with van der Waals surface area (Å²) in [6, 6.07) is 7.80. The average Bonchev–Trinajstić information content (AvgIpc) is 2.75. The molecule has 0 N–H and O–H groups in total. The number of Topliss-reactive ketones (excluding diaryl/α,β-unsaturated/α-hetero) is 1. The quantitative estimate of drug-likeness (QED) is 0.814. The van der Waals surface area contributed by atoms with Crippen LogP contribution in [0.3, 0.4) is 0 Å². The molecule has 0 aliphatic rings. The van der Waals surface area contributed by atoms with Gasteiger partial charge in [0.25, 0.3) is 0 Å². The van der Waals surface area contributed by atoms with Crippen LogP contribution in [-0.2, 0) is 17.6 Å². The van der Waals surface area contributed by atoms with E-state index in [9.17, 15) is 4.79 Å². The summed E-state index contributed by atoms with van der Waals surface area (Å²) in [5, 5.41) is 4.68. The van der Waals surface area contributed by atoms with E-state index >= 15 is 0 Å². The van der Waals surface area contributed by atoms with E-state index in [0.29, 0.717) is 17.9 Å². The summed E-state index contributed by atoms with van der Waals surface area (Å²) < 4.78 is 0. The molecule has 88 valence electrons. The molecule has 1 nitrogen and oxygen atoms in total. The Balaban J connectivity index is 2.03. The second-order valence-electron chi connectivity index (χ2n) is 4.12. The topological polar surface area (TPSA) is 17.1 Å². The molecule has 0 saturated carbocycles. The van der Waals surface area contributed by atoms with Crippen molar-refractivity contribution >= 4 is 28.7 Å². The minimum absolute atomic E-state index is 0.203. The fourth-order valence-corrected chi connectivity index (χ4v) is 2.66. The lowest BCUT2D eigenvalue weighted by molar-refractivity contribution is -0.117. The molecular formula is C14H13ClOS. The van der Waals surface area contributed by atoms with E-state index in [4.69, 9.17) is 11.6 Å². The van der Waals surface area contributed by atoms with Crippen molar-refractivity contribution in [1.29, 1.82) is 0 Å². The van der Waals surface area contributed by atoms with Crippen molar-refractivity contribution in [3.63, 3.8) is 0 Å². The molecule has 0 spiro atoms.